The molecule has 2 N–H and O–H groups in total. The molecule has 1 heterocycles. The lowest BCUT2D eigenvalue weighted by molar-refractivity contribution is -0.143. The first-order chi connectivity index (χ1) is 13.4. The third-order valence-electron chi connectivity index (χ3n) is 5.08. The molecule has 0 saturated heterocycles. The predicted molar refractivity (Wildman–Crippen MR) is 105 cm³/mol. The molecule has 7 nitrogen and oxygen atoms in total. The number of carbonyl (C=O) groups excluding carboxylic acids is 1. The number of carbonyl (C=O) groups is 2. The van der Waals surface area contributed by atoms with E-state index < -0.39 is 5.97 Å². The van der Waals surface area contributed by atoms with Crippen molar-refractivity contribution in [2.75, 3.05) is 6.54 Å². The van der Waals surface area contributed by atoms with Crippen LogP contribution in [0.2, 0.25) is 5.02 Å². The summed E-state index contributed by atoms with van der Waals surface area (Å²) in [5.41, 5.74) is 1.03. The van der Waals surface area contributed by atoms with Crippen LogP contribution in [-0.2, 0) is 16.1 Å². The number of benzene rings is 1. The fourth-order valence-corrected chi connectivity index (χ4v) is 3.53. The zero-order valence-electron chi connectivity index (χ0n) is 15.3. The summed E-state index contributed by atoms with van der Waals surface area (Å²) in [5, 5.41) is 16.7. The predicted octanol–water partition coefficient (Wildman–Crippen LogP) is 2.57. The second-order valence-electron chi connectivity index (χ2n) is 7.08. The quantitative estimate of drug-likeness (QED) is 0.771. The van der Waals surface area contributed by atoms with Crippen LogP contribution in [0.15, 0.2) is 41.2 Å². The average molecular weight is 404 g/mol. The van der Waals surface area contributed by atoms with E-state index in [1.807, 2.05) is 0 Å². The molecule has 0 atom stereocenters. The number of nitrogens with zero attached hydrogens (tertiary/aromatic N) is 2. The highest BCUT2D eigenvalue weighted by molar-refractivity contribution is 6.30. The summed E-state index contributed by atoms with van der Waals surface area (Å²) in [6.45, 7) is 0.321. The van der Waals surface area contributed by atoms with Crippen molar-refractivity contribution < 1.29 is 14.7 Å². The molecule has 1 fully saturated rings. The number of aliphatic carboxylic acids is 1. The Morgan fingerprint density at radius 3 is 2.43 bits per heavy atom. The lowest BCUT2D eigenvalue weighted by atomic mass is 9.82. The van der Waals surface area contributed by atoms with Crippen LogP contribution >= 0.6 is 11.6 Å². The minimum absolute atomic E-state index is 0.162. The lowest BCUT2D eigenvalue weighted by Gasteiger charge is -2.26. The number of aromatic nitrogens is 2. The Morgan fingerprint density at radius 2 is 1.79 bits per heavy atom. The highest BCUT2D eigenvalue weighted by Gasteiger charge is 2.26. The van der Waals surface area contributed by atoms with Gasteiger partial charge in [-0.25, -0.2) is 4.68 Å². The van der Waals surface area contributed by atoms with Gasteiger partial charge in [-0.1, -0.05) is 23.7 Å². The Bertz CT molecular complexity index is 902. The van der Waals surface area contributed by atoms with Crippen molar-refractivity contribution in [3.8, 4) is 11.3 Å². The molecule has 28 heavy (non-hydrogen) atoms. The highest BCUT2D eigenvalue weighted by Crippen LogP contribution is 2.28. The zero-order valence-corrected chi connectivity index (χ0v) is 16.1. The first kappa shape index (κ1) is 20.1. The van der Waals surface area contributed by atoms with Gasteiger partial charge in [-0.05, 0) is 49.8 Å². The monoisotopic (exact) mass is 403 g/mol. The van der Waals surface area contributed by atoms with E-state index in [2.05, 4.69) is 10.4 Å². The van der Waals surface area contributed by atoms with Gasteiger partial charge in [0.05, 0.1) is 11.6 Å². The summed E-state index contributed by atoms with van der Waals surface area (Å²) < 4.78 is 1.14. The second-order valence-corrected chi connectivity index (χ2v) is 7.52. The maximum atomic E-state index is 12.2. The number of carboxylic acids is 1. The number of hydrogen-bond acceptors (Lipinski definition) is 4. The van der Waals surface area contributed by atoms with Crippen molar-refractivity contribution in [2.45, 2.75) is 32.2 Å². The molecule has 1 aromatic carbocycles. The largest absolute Gasteiger partial charge is 0.481 e. The minimum atomic E-state index is -0.742. The van der Waals surface area contributed by atoms with Gasteiger partial charge in [-0.15, -0.1) is 0 Å². The van der Waals surface area contributed by atoms with Gasteiger partial charge in [0.1, 0.15) is 6.54 Å². The van der Waals surface area contributed by atoms with Crippen LogP contribution in [0.3, 0.4) is 0 Å². The Labute approximate surface area is 167 Å². The molecule has 1 aliphatic carbocycles. The molecule has 8 heteroatoms. The third kappa shape index (κ3) is 5.19. The average Bonchev–Trinajstić information content (AvgIpc) is 2.69. The van der Waals surface area contributed by atoms with Gasteiger partial charge in [0.25, 0.3) is 5.56 Å². The molecule has 3 rings (SSSR count). The van der Waals surface area contributed by atoms with E-state index in [9.17, 15) is 14.4 Å². The normalized spacial score (nSPS) is 19.2. The Balaban J connectivity index is 1.57. The van der Waals surface area contributed by atoms with Crippen molar-refractivity contribution >= 4 is 23.5 Å². The molecule has 0 aliphatic heterocycles. The van der Waals surface area contributed by atoms with E-state index in [1.165, 1.54) is 6.07 Å². The maximum absolute atomic E-state index is 12.2. The van der Waals surface area contributed by atoms with Crippen LogP contribution in [-0.4, -0.2) is 33.3 Å². The lowest BCUT2D eigenvalue weighted by Crippen LogP contribution is -2.37. The van der Waals surface area contributed by atoms with Gasteiger partial charge in [0, 0.05) is 23.2 Å². The number of amides is 1. The van der Waals surface area contributed by atoms with Gasteiger partial charge in [-0.2, -0.15) is 5.10 Å². The molecule has 1 aromatic heterocycles. The van der Waals surface area contributed by atoms with Crippen molar-refractivity contribution in [2.24, 2.45) is 11.8 Å². The standard InChI is InChI=1S/C20H22ClN3O4/c21-16-7-5-14(6-8-16)17-9-10-19(26)24(23-17)12-18(25)22-11-13-1-3-15(4-2-13)20(27)28/h5-10,13,15H,1-4,11-12H2,(H,22,25)(H,27,28). The summed E-state index contributed by atoms with van der Waals surface area (Å²) in [4.78, 5) is 35.3. The first-order valence-corrected chi connectivity index (χ1v) is 9.64. The topological polar surface area (TPSA) is 101 Å². The van der Waals surface area contributed by atoms with Gasteiger partial charge >= 0.3 is 5.97 Å². The van der Waals surface area contributed by atoms with Crippen molar-refractivity contribution in [3.05, 3.63) is 51.8 Å². The molecule has 0 unspecified atom stereocenters. The van der Waals surface area contributed by atoms with E-state index in [0.717, 1.165) is 23.1 Å². The number of carboxylic acid groups (broad SMARTS) is 1. The van der Waals surface area contributed by atoms with Gasteiger partial charge < -0.3 is 10.4 Å². The molecule has 0 radical (unpaired) electrons. The van der Waals surface area contributed by atoms with E-state index >= 15 is 0 Å². The van der Waals surface area contributed by atoms with Gasteiger partial charge in [0.2, 0.25) is 5.91 Å². The van der Waals surface area contributed by atoms with Crippen LogP contribution in [0.25, 0.3) is 11.3 Å². The van der Waals surface area contributed by atoms with Gasteiger partial charge in [-0.3, -0.25) is 14.4 Å². The fourth-order valence-electron chi connectivity index (χ4n) is 3.40. The second kappa shape index (κ2) is 9.01. The minimum Gasteiger partial charge on any atom is -0.481 e. The van der Waals surface area contributed by atoms with E-state index in [0.29, 0.717) is 30.1 Å². The first-order valence-electron chi connectivity index (χ1n) is 9.26. The summed E-state index contributed by atoms with van der Waals surface area (Å²) in [6, 6.07) is 10.1. The third-order valence-corrected chi connectivity index (χ3v) is 5.34. The summed E-state index contributed by atoms with van der Waals surface area (Å²) in [5.74, 6) is -1.04. The summed E-state index contributed by atoms with van der Waals surface area (Å²) in [7, 11) is 0. The molecule has 0 bridgehead atoms. The van der Waals surface area contributed by atoms with Crippen LogP contribution in [0.1, 0.15) is 25.7 Å². The Kier molecular flexibility index (Phi) is 6.46. The number of hydrogen-bond donors (Lipinski definition) is 2. The number of rotatable bonds is 6. The molecule has 2 aromatic rings. The zero-order chi connectivity index (χ0) is 20.1. The molecule has 1 amide bonds. The molecular weight excluding hydrogens is 382 g/mol. The Morgan fingerprint density at radius 1 is 1.11 bits per heavy atom. The summed E-state index contributed by atoms with van der Waals surface area (Å²) in [6.07, 6.45) is 2.84. The van der Waals surface area contributed by atoms with Gasteiger partial charge in [0.15, 0.2) is 0 Å². The van der Waals surface area contributed by atoms with Crippen LogP contribution in [0.4, 0.5) is 0 Å². The van der Waals surface area contributed by atoms with Crippen LogP contribution in [0, 0.1) is 11.8 Å². The molecule has 148 valence electrons. The number of halogens is 1. The van der Waals surface area contributed by atoms with Crippen molar-refractivity contribution in [1.82, 2.24) is 15.1 Å². The fraction of sp³-hybridized carbons (Fsp3) is 0.400. The SMILES string of the molecule is O=C(Cn1nc(-c2ccc(Cl)cc2)ccc1=O)NCC1CCC(C(=O)O)CC1. The van der Waals surface area contributed by atoms with E-state index in [-0.39, 0.29) is 29.8 Å². The Hall–Kier alpha value is -2.67. The molecule has 0 spiro atoms. The maximum Gasteiger partial charge on any atom is 0.306 e. The van der Waals surface area contributed by atoms with Crippen LogP contribution < -0.4 is 10.9 Å². The highest BCUT2D eigenvalue weighted by atomic mass is 35.5. The molecule has 1 aliphatic rings. The molecular formula is C20H22ClN3O4. The van der Waals surface area contributed by atoms with Crippen LogP contribution in [0.5, 0.6) is 0 Å². The smallest absolute Gasteiger partial charge is 0.306 e. The van der Waals surface area contributed by atoms with Crippen molar-refractivity contribution in [3.63, 3.8) is 0 Å². The van der Waals surface area contributed by atoms with E-state index in [4.69, 9.17) is 16.7 Å². The van der Waals surface area contributed by atoms with E-state index in [1.54, 1.807) is 30.3 Å². The number of nitrogens with one attached hydrogen (secondary N) is 1. The summed E-state index contributed by atoms with van der Waals surface area (Å²) >= 11 is 5.89. The van der Waals surface area contributed by atoms with Crippen molar-refractivity contribution in [1.29, 1.82) is 0 Å². The molecule has 1 saturated carbocycles.